The fourth-order valence-electron chi connectivity index (χ4n) is 2.19. The van der Waals surface area contributed by atoms with Crippen molar-refractivity contribution in [3.8, 4) is 0 Å². The largest absolute Gasteiger partial charge is 0.309 e. The number of fused-ring (bicyclic) bond motifs is 3. The molecule has 1 atom stereocenters. The van der Waals surface area contributed by atoms with Gasteiger partial charge in [-0.05, 0) is 6.92 Å². The van der Waals surface area contributed by atoms with Gasteiger partial charge in [-0.15, -0.1) is 5.10 Å². The Bertz CT molecular complexity index is 561. The SMILES string of the molecule is CC1NCCc2c1sc1nc(C(C)(C)C)nn21. The zero-order valence-corrected chi connectivity index (χ0v) is 11.6. The van der Waals surface area contributed by atoms with Crippen LogP contribution in [0.4, 0.5) is 0 Å². The van der Waals surface area contributed by atoms with E-state index in [4.69, 9.17) is 0 Å². The first-order chi connectivity index (χ1) is 7.97. The lowest BCUT2D eigenvalue weighted by Crippen LogP contribution is -2.27. The number of aromatic nitrogens is 3. The van der Waals surface area contributed by atoms with Gasteiger partial charge in [-0.1, -0.05) is 32.1 Å². The van der Waals surface area contributed by atoms with Crippen molar-refractivity contribution in [3.63, 3.8) is 0 Å². The summed E-state index contributed by atoms with van der Waals surface area (Å²) in [7, 11) is 0. The molecule has 1 aliphatic heterocycles. The molecule has 1 aliphatic rings. The molecular weight excluding hydrogens is 232 g/mol. The van der Waals surface area contributed by atoms with Crippen molar-refractivity contribution >= 4 is 16.3 Å². The van der Waals surface area contributed by atoms with Gasteiger partial charge in [-0.3, -0.25) is 0 Å². The maximum atomic E-state index is 4.68. The van der Waals surface area contributed by atoms with Crippen LogP contribution in [0.2, 0.25) is 0 Å². The average molecular weight is 250 g/mol. The van der Waals surface area contributed by atoms with Gasteiger partial charge in [-0.2, -0.15) is 0 Å². The van der Waals surface area contributed by atoms with Gasteiger partial charge >= 0.3 is 0 Å². The molecule has 0 saturated carbocycles. The second-order valence-electron chi connectivity index (χ2n) is 5.72. The number of rotatable bonds is 0. The van der Waals surface area contributed by atoms with E-state index in [1.54, 1.807) is 11.3 Å². The summed E-state index contributed by atoms with van der Waals surface area (Å²) in [5, 5.41) is 8.16. The third-order valence-corrected chi connectivity index (χ3v) is 4.45. The van der Waals surface area contributed by atoms with Crippen LogP contribution in [0.25, 0.3) is 4.96 Å². The first kappa shape index (κ1) is 11.2. The van der Waals surface area contributed by atoms with Crippen LogP contribution in [0, 0.1) is 0 Å². The van der Waals surface area contributed by atoms with E-state index in [1.807, 2.05) is 0 Å². The van der Waals surface area contributed by atoms with Crippen LogP contribution < -0.4 is 5.32 Å². The Kier molecular flexibility index (Phi) is 2.32. The standard InChI is InChI=1S/C12H18N4S/c1-7-9-8(5-6-13-7)16-11(17-9)14-10(15-16)12(2,3)4/h7,13H,5-6H2,1-4H3. The molecule has 2 aromatic heterocycles. The second-order valence-corrected chi connectivity index (χ2v) is 6.73. The summed E-state index contributed by atoms with van der Waals surface area (Å²) in [4.78, 5) is 7.10. The molecule has 17 heavy (non-hydrogen) atoms. The molecule has 0 spiro atoms. The van der Waals surface area contributed by atoms with E-state index in [2.05, 4.69) is 47.6 Å². The molecule has 4 nitrogen and oxygen atoms in total. The van der Waals surface area contributed by atoms with Gasteiger partial charge in [0.05, 0.1) is 5.69 Å². The van der Waals surface area contributed by atoms with Crippen molar-refractivity contribution in [2.45, 2.75) is 45.6 Å². The molecule has 0 bridgehead atoms. The minimum absolute atomic E-state index is 0.0250. The summed E-state index contributed by atoms with van der Waals surface area (Å²) in [6.07, 6.45) is 1.05. The van der Waals surface area contributed by atoms with E-state index in [0.717, 1.165) is 23.8 Å². The van der Waals surface area contributed by atoms with E-state index in [9.17, 15) is 0 Å². The smallest absolute Gasteiger partial charge is 0.212 e. The van der Waals surface area contributed by atoms with Gasteiger partial charge < -0.3 is 5.32 Å². The average Bonchev–Trinajstić information content (AvgIpc) is 2.75. The molecule has 0 amide bonds. The van der Waals surface area contributed by atoms with Crippen LogP contribution in [0.5, 0.6) is 0 Å². The van der Waals surface area contributed by atoms with Crippen molar-refractivity contribution in [1.29, 1.82) is 0 Å². The first-order valence-corrected chi connectivity index (χ1v) is 6.90. The number of hydrogen-bond donors (Lipinski definition) is 1. The summed E-state index contributed by atoms with van der Waals surface area (Å²) in [6.45, 7) is 9.71. The molecule has 0 fully saturated rings. The Morgan fingerprint density at radius 1 is 1.41 bits per heavy atom. The Labute approximate surface area is 105 Å². The number of nitrogens with one attached hydrogen (secondary N) is 1. The Morgan fingerprint density at radius 2 is 2.18 bits per heavy atom. The maximum Gasteiger partial charge on any atom is 0.212 e. The van der Waals surface area contributed by atoms with Crippen LogP contribution in [0.15, 0.2) is 0 Å². The molecule has 0 aromatic carbocycles. The van der Waals surface area contributed by atoms with Gasteiger partial charge in [0.1, 0.15) is 0 Å². The molecule has 0 radical (unpaired) electrons. The lowest BCUT2D eigenvalue weighted by Gasteiger charge is -2.19. The van der Waals surface area contributed by atoms with Crippen molar-refractivity contribution in [2.75, 3.05) is 6.54 Å². The van der Waals surface area contributed by atoms with Crippen LogP contribution >= 0.6 is 11.3 Å². The van der Waals surface area contributed by atoms with E-state index < -0.39 is 0 Å². The van der Waals surface area contributed by atoms with E-state index in [-0.39, 0.29) is 5.41 Å². The molecule has 0 saturated heterocycles. The molecule has 3 rings (SSSR count). The van der Waals surface area contributed by atoms with Crippen molar-refractivity contribution in [3.05, 3.63) is 16.4 Å². The minimum atomic E-state index is 0.0250. The summed E-state index contributed by atoms with van der Waals surface area (Å²) >= 11 is 1.77. The normalized spacial score (nSPS) is 20.8. The monoisotopic (exact) mass is 250 g/mol. The van der Waals surface area contributed by atoms with Crippen molar-refractivity contribution < 1.29 is 0 Å². The molecule has 0 aliphatic carbocycles. The van der Waals surface area contributed by atoms with Crippen molar-refractivity contribution in [1.82, 2.24) is 19.9 Å². The Balaban J connectivity index is 2.17. The highest BCUT2D eigenvalue weighted by molar-refractivity contribution is 7.17. The zero-order chi connectivity index (χ0) is 12.2. The third kappa shape index (κ3) is 1.68. The predicted molar refractivity (Wildman–Crippen MR) is 69.7 cm³/mol. The summed E-state index contributed by atoms with van der Waals surface area (Å²) in [5.41, 5.74) is 1.37. The highest BCUT2D eigenvalue weighted by Crippen LogP contribution is 2.32. The lowest BCUT2D eigenvalue weighted by atomic mass is 9.96. The van der Waals surface area contributed by atoms with E-state index in [0.29, 0.717) is 6.04 Å². The van der Waals surface area contributed by atoms with Gasteiger partial charge in [0.25, 0.3) is 0 Å². The third-order valence-electron chi connectivity index (χ3n) is 3.20. The van der Waals surface area contributed by atoms with Crippen LogP contribution in [-0.2, 0) is 11.8 Å². The number of thiazole rings is 1. The molecule has 2 aromatic rings. The number of nitrogens with zero attached hydrogens (tertiary/aromatic N) is 3. The van der Waals surface area contributed by atoms with Gasteiger partial charge in [0.15, 0.2) is 5.82 Å². The Hall–Kier alpha value is -0.940. The second kappa shape index (κ2) is 3.53. The van der Waals surface area contributed by atoms with Crippen LogP contribution in [-0.4, -0.2) is 21.1 Å². The topological polar surface area (TPSA) is 42.2 Å². The van der Waals surface area contributed by atoms with E-state index >= 15 is 0 Å². The predicted octanol–water partition coefficient (Wildman–Crippen LogP) is 2.30. The summed E-state index contributed by atoms with van der Waals surface area (Å²) in [6, 6.07) is 0.435. The highest BCUT2D eigenvalue weighted by atomic mass is 32.1. The fourth-order valence-corrected chi connectivity index (χ4v) is 3.32. The molecule has 1 unspecified atom stereocenters. The highest BCUT2D eigenvalue weighted by Gasteiger charge is 2.26. The number of hydrogen-bond acceptors (Lipinski definition) is 4. The molecule has 3 heterocycles. The van der Waals surface area contributed by atoms with Gasteiger partial charge in [0, 0.05) is 29.3 Å². The zero-order valence-electron chi connectivity index (χ0n) is 10.7. The molecular formula is C12H18N4S. The van der Waals surface area contributed by atoms with E-state index in [1.165, 1.54) is 10.6 Å². The minimum Gasteiger partial charge on any atom is -0.309 e. The molecule has 1 N–H and O–H groups in total. The summed E-state index contributed by atoms with van der Waals surface area (Å²) in [5.74, 6) is 0.942. The first-order valence-electron chi connectivity index (χ1n) is 6.09. The van der Waals surface area contributed by atoms with Crippen molar-refractivity contribution in [2.24, 2.45) is 0 Å². The van der Waals surface area contributed by atoms with Gasteiger partial charge in [-0.25, -0.2) is 9.50 Å². The lowest BCUT2D eigenvalue weighted by molar-refractivity contribution is 0.525. The van der Waals surface area contributed by atoms with Crippen LogP contribution in [0.1, 0.15) is 50.1 Å². The van der Waals surface area contributed by atoms with Crippen LogP contribution in [0.3, 0.4) is 0 Å². The Morgan fingerprint density at radius 3 is 2.88 bits per heavy atom. The fraction of sp³-hybridized carbons (Fsp3) is 0.667. The van der Waals surface area contributed by atoms with Gasteiger partial charge in [0.2, 0.25) is 4.96 Å². The maximum absolute atomic E-state index is 4.68. The molecule has 92 valence electrons. The molecule has 5 heteroatoms. The summed E-state index contributed by atoms with van der Waals surface area (Å²) < 4.78 is 2.05. The quantitative estimate of drug-likeness (QED) is 0.780.